The van der Waals surface area contributed by atoms with Crippen molar-refractivity contribution < 1.29 is 23.1 Å². The topological polar surface area (TPSA) is 130 Å². The zero-order valence-corrected chi connectivity index (χ0v) is 12.8. The molecule has 2 aliphatic rings. The first-order valence-corrected chi connectivity index (χ1v) is 8.62. The fourth-order valence-corrected chi connectivity index (χ4v) is 5.01. The van der Waals surface area contributed by atoms with Gasteiger partial charge in [-0.2, -0.15) is 0 Å². The molecule has 2 fully saturated rings. The van der Waals surface area contributed by atoms with Crippen LogP contribution in [0.2, 0.25) is 0 Å². The Hall–Kier alpha value is -1.19. The molecule has 120 valence electrons. The van der Waals surface area contributed by atoms with E-state index in [4.69, 9.17) is 10.8 Å². The Bertz CT molecular complexity index is 563. The van der Waals surface area contributed by atoms with E-state index in [0.717, 1.165) is 0 Å². The number of likely N-dealkylation sites (tertiary alicyclic amines) is 1. The summed E-state index contributed by atoms with van der Waals surface area (Å²) in [6.45, 7) is 2.29. The minimum Gasteiger partial charge on any atom is -0.480 e. The molecule has 0 aromatic heterocycles. The zero-order chi connectivity index (χ0) is 15.9. The number of carbonyl (C=O) groups excluding carboxylic acids is 1. The highest BCUT2D eigenvalue weighted by Crippen LogP contribution is 2.23. The number of carboxylic acids is 1. The summed E-state index contributed by atoms with van der Waals surface area (Å²) in [5.41, 5.74) is 3.70. The van der Waals surface area contributed by atoms with Crippen molar-refractivity contribution in [1.82, 2.24) is 10.2 Å². The van der Waals surface area contributed by atoms with Gasteiger partial charge in [0.2, 0.25) is 5.91 Å². The van der Waals surface area contributed by atoms with E-state index < -0.39 is 26.9 Å². The molecule has 2 unspecified atom stereocenters. The first kappa shape index (κ1) is 16.2. The fraction of sp³-hybridized carbons (Fsp3) is 0.833. The third kappa shape index (κ3) is 3.72. The molecule has 2 atom stereocenters. The van der Waals surface area contributed by atoms with E-state index in [2.05, 4.69) is 5.32 Å². The molecule has 2 saturated heterocycles. The number of hydrogen-bond acceptors (Lipinski definition) is 6. The van der Waals surface area contributed by atoms with E-state index >= 15 is 0 Å². The van der Waals surface area contributed by atoms with Crippen LogP contribution >= 0.6 is 0 Å². The molecule has 4 N–H and O–H groups in total. The van der Waals surface area contributed by atoms with Crippen LogP contribution in [0.25, 0.3) is 0 Å². The number of rotatable bonds is 4. The lowest BCUT2D eigenvalue weighted by Gasteiger charge is -2.26. The molecular weight excluding hydrogens is 298 g/mol. The average Bonchev–Trinajstić information content (AvgIpc) is 2.80. The Morgan fingerprint density at radius 2 is 2.05 bits per heavy atom. The second kappa shape index (κ2) is 5.22. The molecule has 21 heavy (non-hydrogen) atoms. The van der Waals surface area contributed by atoms with Crippen LogP contribution in [0.5, 0.6) is 0 Å². The van der Waals surface area contributed by atoms with Gasteiger partial charge < -0.3 is 16.2 Å². The number of amides is 1. The fourth-order valence-electron chi connectivity index (χ4n) is 2.91. The predicted octanol–water partition coefficient (Wildman–Crippen LogP) is -1.83. The number of carboxylic acid groups (broad SMARTS) is 1. The van der Waals surface area contributed by atoms with Gasteiger partial charge in [-0.25, -0.2) is 8.42 Å². The maximum Gasteiger partial charge on any atom is 0.325 e. The van der Waals surface area contributed by atoms with Gasteiger partial charge in [0.1, 0.15) is 5.54 Å². The molecule has 0 radical (unpaired) electrons. The van der Waals surface area contributed by atoms with Crippen molar-refractivity contribution in [1.29, 1.82) is 0 Å². The minimum absolute atomic E-state index is 0.0296. The molecule has 0 aromatic carbocycles. The molecule has 0 saturated carbocycles. The Kier molecular flexibility index (Phi) is 4.02. The summed E-state index contributed by atoms with van der Waals surface area (Å²) in [5, 5.41) is 11.8. The van der Waals surface area contributed by atoms with E-state index in [-0.39, 0.29) is 30.5 Å². The SMILES string of the molecule is CC1(NC(=O)CN2CCC(N)(C(=O)O)C2)CCS(=O)(=O)C1. The van der Waals surface area contributed by atoms with Gasteiger partial charge >= 0.3 is 5.97 Å². The van der Waals surface area contributed by atoms with Crippen LogP contribution in [0, 0.1) is 0 Å². The maximum absolute atomic E-state index is 12.0. The molecule has 9 heteroatoms. The van der Waals surface area contributed by atoms with E-state index in [1.807, 2.05) is 0 Å². The number of nitrogens with two attached hydrogens (primary N) is 1. The third-order valence-electron chi connectivity index (χ3n) is 4.12. The van der Waals surface area contributed by atoms with Gasteiger partial charge in [-0.3, -0.25) is 14.5 Å². The number of nitrogens with one attached hydrogen (secondary N) is 1. The minimum atomic E-state index is -3.08. The van der Waals surface area contributed by atoms with Crippen molar-refractivity contribution >= 4 is 21.7 Å². The summed E-state index contributed by atoms with van der Waals surface area (Å²) in [6, 6.07) is 0. The number of carbonyl (C=O) groups is 2. The van der Waals surface area contributed by atoms with Crippen molar-refractivity contribution in [3.8, 4) is 0 Å². The molecule has 2 aliphatic heterocycles. The molecule has 2 heterocycles. The molecule has 8 nitrogen and oxygen atoms in total. The van der Waals surface area contributed by atoms with Crippen molar-refractivity contribution in [3.05, 3.63) is 0 Å². The normalized spacial score (nSPS) is 35.7. The summed E-state index contributed by atoms with van der Waals surface area (Å²) in [6.07, 6.45) is 0.693. The summed E-state index contributed by atoms with van der Waals surface area (Å²) >= 11 is 0. The molecule has 1 amide bonds. The van der Waals surface area contributed by atoms with Crippen LogP contribution in [-0.2, 0) is 19.4 Å². The van der Waals surface area contributed by atoms with Crippen molar-refractivity contribution in [2.75, 3.05) is 31.1 Å². The van der Waals surface area contributed by atoms with Gasteiger partial charge in [-0.05, 0) is 19.8 Å². The summed E-state index contributed by atoms with van der Waals surface area (Å²) in [7, 11) is -3.08. The monoisotopic (exact) mass is 319 g/mol. The maximum atomic E-state index is 12.0. The number of nitrogens with zero attached hydrogens (tertiary/aromatic N) is 1. The van der Waals surface area contributed by atoms with Crippen LogP contribution < -0.4 is 11.1 Å². The van der Waals surface area contributed by atoms with Crippen LogP contribution in [-0.4, -0.2) is 72.5 Å². The van der Waals surface area contributed by atoms with Gasteiger partial charge in [0.25, 0.3) is 0 Å². The Labute approximate surface area is 123 Å². The second-order valence-corrected chi connectivity index (χ2v) is 8.56. The van der Waals surface area contributed by atoms with Gasteiger partial charge in [-0.1, -0.05) is 0 Å². The summed E-state index contributed by atoms with van der Waals surface area (Å²) in [5.74, 6) is -1.34. The molecule has 2 rings (SSSR count). The standard InChI is InChI=1S/C12H21N3O5S/c1-11(3-5-21(19,20)8-11)14-9(16)6-15-4-2-12(13,7-15)10(17)18/h2-8,13H2,1H3,(H,14,16)(H,17,18). The molecule has 0 spiro atoms. The van der Waals surface area contributed by atoms with E-state index in [1.165, 1.54) is 0 Å². The van der Waals surface area contributed by atoms with Crippen LogP contribution in [0.1, 0.15) is 19.8 Å². The highest BCUT2D eigenvalue weighted by Gasteiger charge is 2.43. The largest absolute Gasteiger partial charge is 0.480 e. The first-order chi connectivity index (χ1) is 9.54. The lowest BCUT2D eigenvalue weighted by Crippen LogP contribution is -2.52. The highest BCUT2D eigenvalue weighted by atomic mass is 32.2. The lowest BCUT2D eigenvalue weighted by molar-refractivity contribution is -0.143. The van der Waals surface area contributed by atoms with Crippen molar-refractivity contribution in [2.24, 2.45) is 5.73 Å². The summed E-state index contributed by atoms with van der Waals surface area (Å²) < 4.78 is 23.0. The number of aliphatic carboxylic acids is 1. The van der Waals surface area contributed by atoms with Gasteiger partial charge in [0.15, 0.2) is 9.84 Å². The molecule has 0 aromatic rings. The van der Waals surface area contributed by atoms with Crippen LogP contribution in [0.4, 0.5) is 0 Å². The predicted molar refractivity (Wildman–Crippen MR) is 75.4 cm³/mol. The second-order valence-electron chi connectivity index (χ2n) is 6.37. The average molecular weight is 319 g/mol. The smallest absolute Gasteiger partial charge is 0.325 e. The molecule has 0 bridgehead atoms. The quantitative estimate of drug-likeness (QED) is 0.555. The Morgan fingerprint density at radius 1 is 1.38 bits per heavy atom. The van der Waals surface area contributed by atoms with Gasteiger partial charge in [0, 0.05) is 13.1 Å². The Morgan fingerprint density at radius 3 is 2.52 bits per heavy atom. The van der Waals surface area contributed by atoms with E-state index in [0.29, 0.717) is 19.4 Å². The third-order valence-corrected chi connectivity index (χ3v) is 6.02. The van der Waals surface area contributed by atoms with Gasteiger partial charge in [0.05, 0.1) is 23.6 Å². The zero-order valence-electron chi connectivity index (χ0n) is 12.0. The van der Waals surface area contributed by atoms with E-state index in [1.54, 1.807) is 11.8 Å². The lowest BCUT2D eigenvalue weighted by atomic mass is 10.0. The highest BCUT2D eigenvalue weighted by molar-refractivity contribution is 7.91. The summed E-state index contributed by atoms with van der Waals surface area (Å²) in [4.78, 5) is 24.7. The molecular formula is C12H21N3O5S. The van der Waals surface area contributed by atoms with Crippen LogP contribution in [0.15, 0.2) is 0 Å². The van der Waals surface area contributed by atoms with Gasteiger partial charge in [-0.15, -0.1) is 0 Å². The van der Waals surface area contributed by atoms with Crippen molar-refractivity contribution in [2.45, 2.75) is 30.8 Å². The van der Waals surface area contributed by atoms with E-state index in [9.17, 15) is 18.0 Å². The first-order valence-electron chi connectivity index (χ1n) is 6.80. The molecule has 0 aliphatic carbocycles. The van der Waals surface area contributed by atoms with Crippen LogP contribution in [0.3, 0.4) is 0 Å². The van der Waals surface area contributed by atoms with Crippen molar-refractivity contribution in [3.63, 3.8) is 0 Å². The number of hydrogen-bond donors (Lipinski definition) is 3. The Balaban J connectivity index is 1.88. The number of sulfone groups is 1.